The Balaban J connectivity index is 0.00000317. The molecule has 26 nitrogen and oxygen atoms in total. The molecule has 1 fully saturated rings. The number of nitrogens with zero attached hydrogens (tertiary/aromatic N) is 2. The average Bonchev–Trinajstić information content (AvgIpc) is 4.07. The molecule has 0 aliphatic carbocycles. The number of aliphatic imine (C=N–C) groups is 1. The number of aliphatic carboxylic acids is 2. The van der Waals surface area contributed by atoms with Gasteiger partial charge in [-0.1, -0.05) is 68.3 Å². The summed E-state index contributed by atoms with van der Waals surface area (Å²) in [4.78, 5) is 148. The van der Waals surface area contributed by atoms with E-state index in [1.807, 2.05) is 25.1 Å². The molecule has 16 N–H and O–H groups in total. The molecule has 1 aliphatic rings. The van der Waals surface area contributed by atoms with Crippen LogP contribution >= 0.6 is 0 Å². The second-order valence-electron chi connectivity index (χ2n) is 18.7. The zero-order valence-corrected chi connectivity index (χ0v) is 43.9. The molecule has 3 heterocycles. The summed E-state index contributed by atoms with van der Waals surface area (Å²) in [6.45, 7) is 4.27. The molecule has 8 amide bonds. The fourth-order valence-corrected chi connectivity index (χ4v) is 8.37. The second-order valence-corrected chi connectivity index (χ2v) is 18.7. The van der Waals surface area contributed by atoms with Gasteiger partial charge in [-0.05, 0) is 55.7 Å². The van der Waals surface area contributed by atoms with Crippen LogP contribution in [0.15, 0.2) is 78.3 Å². The molecule has 26 heteroatoms. The highest BCUT2D eigenvalue weighted by molar-refractivity contribution is 5.99. The van der Waals surface area contributed by atoms with E-state index in [4.69, 9.17) is 21.4 Å². The van der Waals surface area contributed by atoms with E-state index in [1.54, 1.807) is 42.6 Å². The summed E-state index contributed by atoms with van der Waals surface area (Å²) in [5.41, 5.74) is 13.5. The number of guanidine groups is 1. The molecule has 0 saturated carbocycles. The third-order valence-corrected chi connectivity index (χ3v) is 12.3. The summed E-state index contributed by atoms with van der Waals surface area (Å²) in [6, 6.07) is 6.21. The summed E-state index contributed by atoms with van der Waals surface area (Å²) in [7, 11) is 0. The van der Waals surface area contributed by atoms with Crippen molar-refractivity contribution in [3.05, 3.63) is 90.1 Å². The monoisotopic (exact) mass is 1080 g/mol. The van der Waals surface area contributed by atoms with Gasteiger partial charge in [-0.3, -0.25) is 48.1 Å². The number of amides is 8. The Kier molecular flexibility index (Phi) is 25.2. The number of carbonyl (C=O) groups excluding carboxylic acids is 8. The Labute approximate surface area is 450 Å². The highest BCUT2D eigenvalue weighted by atomic mass is 16.4. The molecule has 1 saturated heterocycles. The number of carboxylic acid groups (broad SMARTS) is 2. The van der Waals surface area contributed by atoms with Crippen LogP contribution in [0.4, 0.5) is 0 Å². The van der Waals surface area contributed by atoms with Crippen molar-refractivity contribution >= 4 is 76.1 Å². The van der Waals surface area contributed by atoms with E-state index in [-0.39, 0.29) is 76.8 Å². The number of nitrogens with two attached hydrogens (primary N) is 2. The predicted molar refractivity (Wildman–Crippen MR) is 285 cm³/mol. The van der Waals surface area contributed by atoms with Crippen molar-refractivity contribution < 1.29 is 58.2 Å². The molecule has 0 bridgehead atoms. The molecule has 7 atom stereocenters. The van der Waals surface area contributed by atoms with Gasteiger partial charge in [-0.2, -0.15) is 0 Å². The number of hydrogen-bond acceptors (Lipinski definition) is 12. The predicted octanol–water partition coefficient (Wildman–Crippen LogP) is -0.558. The molecule has 2 unspecified atom stereocenters. The maximum atomic E-state index is 14.7. The third-order valence-electron chi connectivity index (χ3n) is 12.3. The van der Waals surface area contributed by atoms with Crippen LogP contribution in [-0.2, 0) is 67.2 Å². The van der Waals surface area contributed by atoms with E-state index in [9.17, 15) is 48.3 Å². The second kappa shape index (κ2) is 31.9. The van der Waals surface area contributed by atoms with Crippen LogP contribution in [0, 0.1) is 0 Å². The minimum Gasteiger partial charge on any atom is -0.481 e. The topological polar surface area (TPSA) is 416 Å². The number of carbonyl (C=O) groups is 10. The largest absolute Gasteiger partial charge is 0.481 e. The molecule has 1 aliphatic heterocycles. The molecule has 0 spiro atoms. The summed E-state index contributed by atoms with van der Waals surface area (Å²) in [6.07, 6.45) is 5.28. The summed E-state index contributed by atoms with van der Waals surface area (Å²) in [5, 5.41) is 39.8. The number of fused-ring (bicyclic) bond motifs is 1. The van der Waals surface area contributed by atoms with Gasteiger partial charge < -0.3 is 74.2 Å². The van der Waals surface area contributed by atoms with Gasteiger partial charge in [0.2, 0.25) is 47.3 Å². The van der Waals surface area contributed by atoms with Crippen LogP contribution in [0.2, 0.25) is 0 Å². The number of nitrogens with one attached hydrogen (secondary N) is 10. The zero-order chi connectivity index (χ0) is 57.1. The number of benzene rings is 2. The van der Waals surface area contributed by atoms with Gasteiger partial charge in [0.15, 0.2) is 5.96 Å². The van der Waals surface area contributed by atoms with Gasteiger partial charge >= 0.3 is 5.97 Å². The third kappa shape index (κ3) is 21.4. The van der Waals surface area contributed by atoms with Crippen molar-refractivity contribution in [2.45, 2.75) is 140 Å². The van der Waals surface area contributed by atoms with Gasteiger partial charge in [0.1, 0.15) is 42.3 Å². The van der Waals surface area contributed by atoms with Crippen LogP contribution in [-0.4, -0.2) is 146 Å². The fourth-order valence-electron chi connectivity index (χ4n) is 8.37. The van der Waals surface area contributed by atoms with Gasteiger partial charge in [0.05, 0.1) is 12.7 Å². The minimum atomic E-state index is -1.59. The molecule has 4 aromatic rings. The molecular weight excluding hydrogens is 1010 g/mol. The Hall–Kier alpha value is -8.84. The van der Waals surface area contributed by atoms with E-state index in [1.165, 1.54) is 19.4 Å². The van der Waals surface area contributed by atoms with E-state index in [2.05, 4.69) is 62.5 Å². The first-order chi connectivity index (χ1) is 37.2. The van der Waals surface area contributed by atoms with Crippen molar-refractivity contribution in [1.29, 1.82) is 0 Å². The number of aromatic amines is 2. The maximum absolute atomic E-state index is 14.7. The van der Waals surface area contributed by atoms with Crippen molar-refractivity contribution in [3.8, 4) is 0 Å². The number of carboxylic acids is 2. The van der Waals surface area contributed by atoms with Crippen molar-refractivity contribution in [1.82, 2.24) is 57.5 Å². The molecule has 422 valence electrons. The highest BCUT2D eigenvalue weighted by Gasteiger charge is 2.35. The van der Waals surface area contributed by atoms with Crippen LogP contribution in [0.3, 0.4) is 0 Å². The fraction of sp³-hybridized carbons (Fsp3) is 0.462. The first-order valence-corrected chi connectivity index (χ1v) is 25.6. The van der Waals surface area contributed by atoms with E-state index in [0.717, 1.165) is 17.8 Å². The summed E-state index contributed by atoms with van der Waals surface area (Å²) < 4.78 is 0. The number of aromatic nitrogens is 3. The number of imidazole rings is 1. The van der Waals surface area contributed by atoms with E-state index >= 15 is 0 Å². The number of unbranched alkanes of at least 4 members (excludes halogenated alkanes) is 1. The Morgan fingerprint density at radius 3 is 2.01 bits per heavy atom. The quantitative estimate of drug-likeness (QED) is 0.0358. The van der Waals surface area contributed by atoms with Gasteiger partial charge in [0, 0.05) is 75.2 Å². The van der Waals surface area contributed by atoms with Gasteiger partial charge in [-0.25, -0.2) is 9.78 Å². The average molecular weight is 1090 g/mol. The maximum Gasteiger partial charge on any atom is 0.326 e. The minimum absolute atomic E-state index is 0.00489. The van der Waals surface area contributed by atoms with Crippen LogP contribution < -0.4 is 54.0 Å². The molecule has 2 aromatic carbocycles. The van der Waals surface area contributed by atoms with Gasteiger partial charge in [0.25, 0.3) is 5.97 Å². The van der Waals surface area contributed by atoms with E-state index in [0.29, 0.717) is 29.7 Å². The lowest BCUT2D eigenvalue weighted by Crippen LogP contribution is -2.61. The zero-order valence-electron chi connectivity index (χ0n) is 43.9. The van der Waals surface area contributed by atoms with Crippen molar-refractivity contribution in [3.63, 3.8) is 0 Å². The Bertz CT molecular complexity index is 2690. The van der Waals surface area contributed by atoms with Crippen LogP contribution in [0.25, 0.3) is 10.9 Å². The molecular formula is C52H72N14O12. The van der Waals surface area contributed by atoms with Crippen LogP contribution in [0.5, 0.6) is 0 Å². The first kappa shape index (κ1) is 61.7. The molecule has 2 aromatic heterocycles. The van der Waals surface area contributed by atoms with E-state index < -0.39 is 108 Å². The number of rotatable bonds is 17. The lowest BCUT2D eigenvalue weighted by molar-refractivity contribution is -0.142. The molecule has 5 rings (SSSR count). The van der Waals surface area contributed by atoms with Gasteiger partial charge in [-0.15, -0.1) is 0 Å². The first-order valence-electron chi connectivity index (χ1n) is 25.6. The normalized spacial score (nSPS) is 20.6. The molecule has 0 radical (unpaired) electrons. The summed E-state index contributed by atoms with van der Waals surface area (Å²) >= 11 is 0. The highest BCUT2D eigenvalue weighted by Crippen LogP contribution is 2.20. The lowest BCUT2D eigenvalue weighted by atomic mass is 10.0. The Morgan fingerprint density at radius 2 is 1.37 bits per heavy atom. The molecule has 78 heavy (non-hydrogen) atoms. The number of hydrogen-bond donors (Lipinski definition) is 14. The van der Waals surface area contributed by atoms with Crippen molar-refractivity contribution in [2.24, 2.45) is 16.5 Å². The SMILES string of the molecule is CC(=O)O.CCCC[C@H](NC(C)=O)C(=O)NC1CC(=O)NCCCC[C@@H](C(=O)O)NC(=O)[C@H](Cc2c[nH]c3ccccc23)NC(=O)[C@H](CCCN=C(N)N)NC(=O)[C@@H](Cc2ccccc2)NC(=O)C(Cc2cnc[nH]2)NC1=O. The van der Waals surface area contributed by atoms with Crippen LogP contribution in [0.1, 0.15) is 95.4 Å². The summed E-state index contributed by atoms with van der Waals surface area (Å²) in [5.74, 6) is -8.64. The Morgan fingerprint density at radius 1 is 0.756 bits per heavy atom. The lowest BCUT2D eigenvalue weighted by Gasteiger charge is -2.28. The van der Waals surface area contributed by atoms with Crippen molar-refractivity contribution in [2.75, 3.05) is 13.1 Å². The number of para-hydroxylation sites is 1. The standard InChI is InChI=1S/C50H68N14O10.C2H4O2/c1-3-4-16-35(58-29(2)65)43(67)64-41-25-42(66)54-20-11-10-18-37(49(73)74)60-46(70)39(23-31-26-56-34-17-9-8-15-33(31)34)62-44(68)36(19-12-21-55-50(51)52)59-45(69)38(22-30-13-6-5-7-14-30)61-47(71)40(63-48(41)72)24-32-27-53-28-57-32;1-2(3)4/h5-9,13-15,17,26-28,35-41,56H,3-4,10-12,16,18-25H2,1-2H3,(H,53,57)(H,54,66)(H,58,65)(H,59,69)(H,60,70)(H,61,71)(H,62,68)(H,63,72)(H,64,67)(H,73,74)(H4,51,52,55);1H3,(H,3,4)/t35-,36-,37-,38+,39-,40?,41?;/m0./s1. The smallest absolute Gasteiger partial charge is 0.326 e. The number of H-pyrrole nitrogens is 2.